The molecule has 4 rings (SSSR count). The fourth-order valence-corrected chi connectivity index (χ4v) is 5.56. The van der Waals surface area contributed by atoms with Crippen molar-refractivity contribution in [1.82, 2.24) is 9.97 Å². The van der Waals surface area contributed by atoms with Crippen molar-refractivity contribution in [2.45, 2.75) is 38.6 Å². The van der Waals surface area contributed by atoms with Crippen molar-refractivity contribution in [2.75, 3.05) is 22.7 Å². The second-order valence-electron chi connectivity index (χ2n) is 9.12. The Bertz CT molecular complexity index is 1380. The molecule has 35 heavy (non-hydrogen) atoms. The number of aromatic nitrogens is 2. The highest BCUT2D eigenvalue weighted by atomic mass is 35.5. The largest absolute Gasteiger partial charge is 0.481 e. The van der Waals surface area contributed by atoms with E-state index < -0.39 is 21.4 Å². The molecule has 0 saturated carbocycles. The van der Waals surface area contributed by atoms with Gasteiger partial charge in [0.2, 0.25) is 0 Å². The van der Waals surface area contributed by atoms with Gasteiger partial charge in [0.05, 0.1) is 16.1 Å². The van der Waals surface area contributed by atoms with Crippen molar-refractivity contribution < 1.29 is 18.3 Å². The third kappa shape index (κ3) is 5.11. The molecule has 8 nitrogen and oxygen atoms in total. The topological polar surface area (TPSA) is 112 Å². The number of rotatable bonds is 6. The van der Waals surface area contributed by atoms with Gasteiger partial charge in [-0.25, -0.2) is 9.97 Å². The van der Waals surface area contributed by atoms with Gasteiger partial charge in [0.25, 0.3) is 10.0 Å². The molecule has 0 unspecified atom stereocenters. The van der Waals surface area contributed by atoms with Crippen molar-refractivity contribution in [3.8, 4) is 11.3 Å². The predicted octanol–water partition coefficient (Wildman–Crippen LogP) is 4.91. The lowest BCUT2D eigenvalue weighted by Crippen LogP contribution is -2.46. The lowest BCUT2D eigenvalue weighted by atomic mass is 9.82. The number of benzene rings is 1. The second kappa shape index (κ2) is 9.47. The van der Waals surface area contributed by atoms with E-state index in [0.29, 0.717) is 35.9 Å². The summed E-state index contributed by atoms with van der Waals surface area (Å²) >= 11 is 6.42. The minimum Gasteiger partial charge on any atom is -0.481 e. The van der Waals surface area contributed by atoms with Gasteiger partial charge in [-0.3, -0.25) is 9.52 Å². The molecule has 1 aliphatic rings. The van der Waals surface area contributed by atoms with Gasteiger partial charge in [-0.2, -0.15) is 8.42 Å². The Kier molecular flexibility index (Phi) is 6.75. The van der Waals surface area contributed by atoms with Crippen LogP contribution in [0.3, 0.4) is 0 Å². The van der Waals surface area contributed by atoms with Gasteiger partial charge in [0.15, 0.2) is 5.03 Å². The minimum atomic E-state index is -4.06. The second-order valence-corrected chi connectivity index (χ2v) is 11.2. The number of pyridine rings is 2. The molecule has 2 N–H and O–H groups in total. The molecule has 0 aliphatic carbocycles. The van der Waals surface area contributed by atoms with E-state index in [-0.39, 0.29) is 17.4 Å². The number of aryl methyl sites for hydroxylation is 2. The van der Waals surface area contributed by atoms with Crippen LogP contribution in [0.1, 0.15) is 30.9 Å². The van der Waals surface area contributed by atoms with E-state index in [1.165, 1.54) is 12.1 Å². The number of nitrogens with zero attached hydrogens (tertiary/aromatic N) is 3. The molecule has 1 aliphatic heterocycles. The summed E-state index contributed by atoms with van der Waals surface area (Å²) in [6.07, 6.45) is 1.23. The lowest BCUT2D eigenvalue weighted by Gasteiger charge is -2.38. The fourth-order valence-electron chi connectivity index (χ4n) is 4.39. The molecular weight excluding hydrogens is 488 g/mol. The van der Waals surface area contributed by atoms with E-state index in [2.05, 4.69) is 14.7 Å². The van der Waals surface area contributed by atoms with Crippen LogP contribution >= 0.6 is 11.6 Å². The van der Waals surface area contributed by atoms with Gasteiger partial charge in [0, 0.05) is 18.7 Å². The molecule has 1 fully saturated rings. The van der Waals surface area contributed by atoms with Gasteiger partial charge in [-0.1, -0.05) is 35.9 Å². The fraction of sp³-hybridized carbons (Fsp3) is 0.320. The van der Waals surface area contributed by atoms with E-state index in [1.54, 1.807) is 25.1 Å². The number of halogens is 1. The molecule has 10 heteroatoms. The molecule has 2 aromatic heterocycles. The molecule has 0 amide bonds. The Labute approximate surface area is 210 Å². The van der Waals surface area contributed by atoms with Crippen molar-refractivity contribution >= 4 is 39.2 Å². The van der Waals surface area contributed by atoms with Crippen molar-refractivity contribution in [3.63, 3.8) is 0 Å². The number of anilines is 2. The molecule has 184 valence electrons. The van der Waals surface area contributed by atoms with Crippen LogP contribution in [0.5, 0.6) is 0 Å². The molecular formula is C25H27ClN4O4S. The number of hydrogen-bond donors (Lipinski definition) is 2. The molecule has 1 aromatic carbocycles. The Hall–Kier alpha value is -3.17. The number of piperidine rings is 1. The number of carboxylic acid groups (broad SMARTS) is 1. The van der Waals surface area contributed by atoms with Gasteiger partial charge < -0.3 is 10.0 Å². The van der Waals surface area contributed by atoms with Crippen molar-refractivity contribution in [1.29, 1.82) is 0 Å². The van der Waals surface area contributed by atoms with Crippen molar-refractivity contribution in [2.24, 2.45) is 5.41 Å². The molecule has 0 spiro atoms. The maximum atomic E-state index is 13.2. The summed E-state index contributed by atoms with van der Waals surface area (Å²) in [4.78, 5) is 22.4. The zero-order valence-electron chi connectivity index (χ0n) is 19.7. The minimum absolute atomic E-state index is 0.121. The lowest BCUT2D eigenvalue weighted by molar-refractivity contribution is -0.148. The van der Waals surface area contributed by atoms with Crippen LogP contribution in [-0.2, 0) is 14.8 Å². The highest BCUT2D eigenvalue weighted by molar-refractivity contribution is 7.92. The van der Waals surface area contributed by atoms with E-state index in [9.17, 15) is 18.3 Å². The van der Waals surface area contributed by atoms with Gasteiger partial charge in [-0.15, -0.1) is 0 Å². The van der Waals surface area contributed by atoms with Gasteiger partial charge in [-0.05, 0) is 69.0 Å². The predicted molar refractivity (Wildman–Crippen MR) is 136 cm³/mol. The number of sulfonamides is 1. The summed E-state index contributed by atoms with van der Waals surface area (Å²) in [5.74, 6) is -0.336. The van der Waals surface area contributed by atoms with E-state index in [1.807, 2.05) is 36.9 Å². The molecule has 0 bridgehead atoms. The average molecular weight is 515 g/mol. The highest BCUT2D eigenvalue weighted by Crippen LogP contribution is 2.34. The molecule has 0 radical (unpaired) electrons. The number of aliphatic carboxylic acids is 1. The molecule has 1 saturated heterocycles. The number of nitrogens with one attached hydrogen (secondary N) is 1. The summed E-state index contributed by atoms with van der Waals surface area (Å²) in [5, 5.41) is 9.84. The Morgan fingerprint density at radius 1 is 1.09 bits per heavy atom. The number of hydrogen-bond acceptors (Lipinski definition) is 6. The standard InChI is InChI=1S/C25H27ClN4O4S/c1-16-7-4-8-17(2)22(16)23-18(26)11-12-19(27-23)29-35(33,34)21-10-5-9-20(28-21)30-14-6-13-25(3,15-30)24(31)32/h4-5,7-12H,6,13-15H2,1-3H3,(H,27,29)(H,31,32)/t25-/m1/s1. The first kappa shape index (κ1) is 24.9. The first-order valence-electron chi connectivity index (χ1n) is 11.2. The maximum absolute atomic E-state index is 13.2. The third-order valence-electron chi connectivity index (χ3n) is 6.32. The average Bonchev–Trinajstić information content (AvgIpc) is 2.81. The highest BCUT2D eigenvalue weighted by Gasteiger charge is 2.38. The summed E-state index contributed by atoms with van der Waals surface area (Å²) in [7, 11) is -4.06. The van der Waals surface area contributed by atoms with Crippen LogP contribution in [0.25, 0.3) is 11.3 Å². The van der Waals surface area contributed by atoms with Gasteiger partial charge >= 0.3 is 5.97 Å². The first-order chi connectivity index (χ1) is 16.5. The summed E-state index contributed by atoms with van der Waals surface area (Å²) in [6, 6.07) is 13.6. The number of carbonyl (C=O) groups is 1. The van der Waals surface area contributed by atoms with E-state index in [0.717, 1.165) is 16.7 Å². The van der Waals surface area contributed by atoms with Crippen LogP contribution < -0.4 is 9.62 Å². The monoisotopic (exact) mass is 514 g/mol. The van der Waals surface area contributed by atoms with E-state index >= 15 is 0 Å². The summed E-state index contributed by atoms with van der Waals surface area (Å²) < 4.78 is 28.9. The van der Waals surface area contributed by atoms with Crippen LogP contribution in [-0.4, -0.2) is 42.6 Å². The van der Waals surface area contributed by atoms with Crippen molar-refractivity contribution in [3.05, 3.63) is 64.7 Å². The maximum Gasteiger partial charge on any atom is 0.311 e. The zero-order valence-corrected chi connectivity index (χ0v) is 21.3. The molecule has 3 heterocycles. The van der Waals surface area contributed by atoms with E-state index in [4.69, 9.17) is 11.6 Å². The van der Waals surface area contributed by atoms with Crippen LogP contribution in [0.4, 0.5) is 11.6 Å². The third-order valence-corrected chi connectivity index (χ3v) is 7.88. The summed E-state index contributed by atoms with van der Waals surface area (Å²) in [6.45, 7) is 6.45. The Morgan fingerprint density at radius 3 is 2.46 bits per heavy atom. The quantitative estimate of drug-likeness (QED) is 0.480. The van der Waals surface area contributed by atoms with Gasteiger partial charge in [0.1, 0.15) is 11.6 Å². The number of carboxylic acids is 1. The normalized spacial score (nSPS) is 18.3. The zero-order chi connectivity index (χ0) is 25.4. The SMILES string of the molecule is Cc1cccc(C)c1-c1nc(NS(=O)(=O)c2cccc(N3CCC[C@@](C)(C(=O)O)C3)n2)ccc1Cl. The smallest absolute Gasteiger partial charge is 0.311 e. The Balaban J connectivity index is 1.63. The molecule has 3 aromatic rings. The first-order valence-corrected chi connectivity index (χ1v) is 13.1. The van der Waals surface area contributed by atoms with Crippen LogP contribution in [0, 0.1) is 19.3 Å². The van der Waals surface area contributed by atoms with Crippen LogP contribution in [0.2, 0.25) is 5.02 Å². The summed E-state index contributed by atoms with van der Waals surface area (Å²) in [5.41, 5.74) is 2.38. The Morgan fingerprint density at radius 2 is 1.77 bits per heavy atom. The van der Waals surface area contributed by atoms with Crippen LogP contribution in [0.15, 0.2) is 53.6 Å². The molecule has 1 atom stereocenters.